The Morgan fingerprint density at radius 3 is 2.39 bits per heavy atom. The zero-order chi connectivity index (χ0) is 17.0. The second kappa shape index (κ2) is 6.99. The third-order valence-corrected chi connectivity index (χ3v) is 3.71. The van der Waals surface area contributed by atoms with E-state index in [1.807, 2.05) is 38.1 Å². The number of nitrogens with zero attached hydrogens (tertiary/aromatic N) is 1. The molecular formula is C19H26N2O2. The summed E-state index contributed by atoms with van der Waals surface area (Å²) in [7, 11) is 0. The standard InChI is InChI=1S/C19H26N2O2/c1-13-8-10-15(11-9-13)17(22)20-12-6-7-16-14(2)21-18(23-16)19(3,4)5/h8-11H,6-7,12H2,1-5H3,(H,20,22). The van der Waals surface area contributed by atoms with Gasteiger partial charge in [0.25, 0.3) is 5.91 Å². The number of nitrogens with one attached hydrogen (secondary N) is 1. The number of aryl methyl sites for hydroxylation is 3. The number of hydrogen-bond donors (Lipinski definition) is 1. The summed E-state index contributed by atoms with van der Waals surface area (Å²) in [6.07, 6.45) is 1.61. The first-order valence-electron chi connectivity index (χ1n) is 8.09. The van der Waals surface area contributed by atoms with Crippen LogP contribution in [0.1, 0.15) is 60.5 Å². The van der Waals surface area contributed by atoms with Gasteiger partial charge in [0.2, 0.25) is 0 Å². The summed E-state index contributed by atoms with van der Waals surface area (Å²) < 4.78 is 5.86. The fraction of sp³-hybridized carbons (Fsp3) is 0.474. The van der Waals surface area contributed by atoms with Gasteiger partial charge in [0.1, 0.15) is 5.76 Å². The molecule has 4 heteroatoms. The van der Waals surface area contributed by atoms with Crippen LogP contribution < -0.4 is 5.32 Å². The van der Waals surface area contributed by atoms with Gasteiger partial charge in [0.05, 0.1) is 5.69 Å². The maximum atomic E-state index is 12.0. The molecule has 0 aliphatic carbocycles. The van der Waals surface area contributed by atoms with Gasteiger partial charge in [-0.1, -0.05) is 38.5 Å². The Labute approximate surface area is 138 Å². The number of rotatable bonds is 5. The quantitative estimate of drug-likeness (QED) is 0.850. The Morgan fingerprint density at radius 2 is 1.83 bits per heavy atom. The highest BCUT2D eigenvalue weighted by molar-refractivity contribution is 5.94. The van der Waals surface area contributed by atoms with Crippen LogP contribution in [0.15, 0.2) is 28.7 Å². The SMILES string of the molecule is Cc1ccc(C(=O)NCCCc2oc(C(C)(C)C)nc2C)cc1. The predicted octanol–water partition coefficient (Wildman–Crippen LogP) is 3.95. The second-order valence-electron chi connectivity index (χ2n) is 7.00. The zero-order valence-corrected chi connectivity index (χ0v) is 14.7. The number of aromatic nitrogens is 1. The van der Waals surface area contributed by atoms with Crippen LogP contribution in [-0.2, 0) is 11.8 Å². The fourth-order valence-corrected chi connectivity index (χ4v) is 2.24. The minimum Gasteiger partial charge on any atom is -0.445 e. The average molecular weight is 314 g/mol. The van der Waals surface area contributed by atoms with Gasteiger partial charge in [-0.15, -0.1) is 0 Å². The molecule has 1 heterocycles. The molecule has 4 nitrogen and oxygen atoms in total. The van der Waals surface area contributed by atoms with Gasteiger partial charge < -0.3 is 9.73 Å². The van der Waals surface area contributed by atoms with E-state index in [2.05, 4.69) is 31.1 Å². The van der Waals surface area contributed by atoms with E-state index in [4.69, 9.17) is 4.42 Å². The molecule has 0 fully saturated rings. The van der Waals surface area contributed by atoms with Crippen LogP contribution in [0.25, 0.3) is 0 Å². The molecule has 0 unspecified atom stereocenters. The van der Waals surface area contributed by atoms with Crippen molar-refractivity contribution in [1.29, 1.82) is 0 Å². The van der Waals surface area contributed by atoms with Crippen LogP contribution in [0.3, 0.4) is 0 Å². The van der Waals surface area contributed by atoms with Gasteiger partial charge in [0, 0.05) is 23.9 Å². The molecule has 0 spiro atoms. The van der Waals surface area contributed by atoms with Crippen molar-refractivity contribution in [3.05, 3.63) is 52.7 Å². The van der Waals surface area contributed by atoms with Gasteiger partial charge in [-0.05, 0) is 32.4 Å². The normalized spacial score (nSPS) is 11.5. The smallest absolute Gasteiger partial charge is 0.251 e. The minimum atomic E-state index is -0.0807. The molecule has 0 atom stereocenters. The Morgan fingerprint density at radius 1 is 1.17 bits per heavy atom. The van der Waals surface area contributed by atoms with Crippen LogP contribution >= 0.6 is 0 Å². The van der Waals surface area contributed by atoms with Crippen LogP contribution in [0.4, 0.5) is 0 Å². The lowest BCUT2D eigenvalue weighted by Gasteiger charge is -2.12. The first-order chi connectivity index (χ1) is 10.8. The van der Waals surface area contributed by atoms with Crippen molar-refractivity contribution in [1.82, 2.24) is 10.3 Å². The van der Waals surface area contributed by atoms with Gasteiger partial charge in [-0.2, -0.15) is 0 Å². The van der Waals surface area contributed by atoms with Crippen molar-refractivity contribution < 1.29 is 9.21 Å². The van der Waals surface area contributed by atoms with Crippen molar-refractivity contribution in [3.8, 4) is 0 Å². The van der Waals surface area contributed by atoms with E-state index < -0.39 is 0 Å². The number of oxazole rings is 1. The van der Waals surface area contributed by atoms with Crippen molar-refractivity contribution in [2.45, 2.75) is 52.9 Å². The number of hydrogen-bond acceptors (Lipinski definition) is 3. The molecule has 23 heavy (non-hydrogen) atoms. The summed E-state index contributed by atoms with van der Waals surface area (Å²) >= 11 is 0. The average Bonchev–Trinajstić information content (AvgIpc) is 2.85. The topological polar surface area (TPSA) is 55.1 Å². The van der Waals surface area contributed by atoms with E-state index in [0.29, 0.717) is 12.1 Å². The van der Waals surface area contributed by atoms with Gasteiger partial charge in [-0.25, -0.2) is 4.98 Å². The number of carbonyl (C=O) groups is 1. The van der Waals surface area contributed by atoms with Crippen molar-refractivity contribution >= 4 is 5.91 Å². The van der Waals surface area contributed by atoms with E-state index in [-0.39, 0.29) is 11.3 Å². The maximum absolute atomic E-state index is 12.0. The van der Waals surface area contributed by atoms with Crippen molar-refractivity contribution in [2.75, 3.05) is 6.54 Å². The maximum Gasteiger partial charge on any atom is 0.251 e. The van der Waals surface area contributed by atoms with Gasteiger partial charge in [0.15, 0.2) is 5.89 Å². The second-order valence-corrected chi connectivity index (χ2v) is 7.00. The summed E-state index contributed by atoms with van der Waals surface area (Å²) in [4.78, 5) is 16.5. The van der Waals surface area contributed by atoms with E-state index >= 15 is 0 Å². The van der Waals surface area contributed by atoms with Crippen molar-refractivity contribution in [3.63, 3.8) is 0 Å². The Bertz CT molecular complexity index is 664. The highest BCUT2D eigenvalue weighted by atomic mass is 16.4. The molecule has 0 radical (unpaired) electrons. The van der Waals surface area contributed by atoms with E-state index in [1.54, 1.807) is 0 Å². The number of amides is 1. The number of carbonyl (C=O) groups excluding carboxylic acids is 1. The van der Waals surface area contributed by atoms with Crippen molar-refractivity contribution in [2.24, 2.45) is 0 Å². The Balaban J connectivity index is 1.82. The summed E-state index contributed by atoms with van der Waals surface area (Å²) in [6, 6.07) is 7.59. The molecule has 0 saturated carbocycles. The van der Waals surface area contributed by atoms with Crippen LogP contribution in [0, 0.1) is 13.8 Å². The Kier molecular flexibility index (Phi) is 5.24. The number of benzene rings is 1. The van der Waals surface area contributed by atoms with Crippen LogP contribution in [-0.4, -0.2) is 17.4 Å². The fourth-order valence-electron chi connectivity index (χ4n) is 2.24. The largest absolute Gasteiger partial charge is 0.445 e. The zero-order valence-electron chi connectivity index (χ0n) is 14.7. The first-order valence-corrected chi connectivity index (χ1v) is 8.09. The monoisotopic (exact) mass is 314 g/mol. The molecule has 1 amide bonds. The molecule has 1 N–H and O–H groups in total. The molecule has 0 saturated heterocycles. The van der Waals surface area contributed by atoms with Crippen LogP contribution in [0.2, 0.25) is 0 Å². The lowest BCUT2D eigenvalue weighted by molar-refractivity contribution is 0.0953. The highest BCUT2D eigenvalue weighted by Gasteiger charge is 2.22. The lowest BCUT2D eigenvalue weighted by atomic mass is 9.97. The summed E-state index contributed by atoms with van der Waals surface area (Å²) in [5.41, 5.74) is 2.71. The highest BCUT2D eigenvalue weighted by Crippen LogP contribution is 2.24. The first kappa shape index (κ1) is 17.3. The van der Waals surface area contributed by atoms with E-state index in [1.165, 1.54) is 0 Å². The molecule has 2 aromatic rings. The van der Waals surface area contributed by atoms with Crippen LogP contribution in [0.5, 0.6) is 0 Å². The molecule has 0 bridgehead atoms. The molecule has 1 aromatic heterocycles. The molecular weight excluding hydrogens is 288 g/mol. The van der Waals surface area contributed by atoms with E-state index in [0.717, 1.165) is 35.7 Å². The molecule has 1 aromatic carbocycles. The van der Waals surface area contributed by atoms with E-state index in [9.17, 15) is 4.79 Å². The predicted molar refractivity (Wildman–Crippen MR) is 91.8 cm³/mol. The lowest BCUT2D eigenvalue weighted by Crippen LogP contribution is -2.24. The summed E-state index contributed by atoms with van der Waals surface area (Å²) in [6.45, 7) is 10.9. The Hall–Kier alpha value is -2.10. The molecule has 0 aliphatic heterocycles. The third kappa shape index (κ3) is 4.68. The van der Waals surface area contributed by atoms with Gasteiger partial charge >= 0.3 is 0 Å². The minimum absolute atomic E-state index is 0.0327. The summed E-state index contributed by atoms with van der Waals surface area (Å²) in [5, 5.41) is 2.94. The molecule has 2 rings (SSSR count). The third-order valence-electron chi connectivity index (χ3n) is 3.71. The molecule has 124 valence electrons. The summed E-state index contributed by atoms with van der Waals surface area (Å²) in [5.74, 6) is 1.66. The molecule has 0 aliphatic rings. The van der Waals surface area contributed by atoms with Gasteiger partial charge in [-0.3, -0.25) is 4.79 Å².